The Balaban J connectivity index is 2.38. The van der Waals surface area contributed by atoms with Crippen LogP contribution in [0, 0.1) is 11.8 Å². The second-order valence-corrected chi connectivity index (χ2v) is 5.10. The van der Waals surface area contributed by atoms with Gasteiger partial charge in [0.2, 0.25) is 0 Å². The molecule has 0 amide bonds. The van der Waals surface area contributed by atoms with Gasteiger partial charge >= 0.3 is 0 Å². The van der Waals surface area contributed by atoms with Gasteiger partial charge in [-0.1, -0.05) is 19.8 Å². The number of nitrogens with two attached hydrogens (primary N) is 1. The zero-order valence-corrected chi connectivity index (χ0v) is 9.88. The molecule has 0 heterocycles. The van der Waals surface area contributed by atoms with Crippen LogP contribution in [0.5, 0.6) is 0 Å². The molecule has 1 aliphatic rings. The molecule has 2 N–H and O–H groups in total. The molecule has 0 aromatic rings. The third-order valence-electron chi connectivity index (χ3n) is 3.57. The summed E-state index contributed by atoms with van der Waals surface area (Å²) in [6.07, 6.45) is 5.23. The Labute approximate surface area is 88.2 Å². The SMILES string of the molecule is CCOCC(C)(N)C1CCC(C)CC1. The Kier molecular flexibility index (Phi) is 4.39. The van der Waals surface area contributed by atoms with Crippen LogP contribution in [-0.4, -0.2) is 18.8 Å². The van der Waals surface area contributed by atoms with Gasteiger partial charge in [0.25, 0.3) is 0 Å². The van der Waals surface area contributed by atoms with E-state index in [1.807, 2.05) is 6.92 Å². The number of hydrogen-bond acceptors (Lipinski definition) is 2. The molecule has 0 aliphatic heterocycles. The molecule has 1 saturated carbocycles. The van der Waals surface area contributed by atoms with Crippen molar-refractivity contribution in [2.45, 2.75) is 52.0 Å². The minimum atomic E-state index is -0.115. The molecule has 1 rings (SSSR count). The fourth-order valence-corrected chi connectivity index (χ4v) is 2.36. The summed E-state index contributed by atoms with van der Waals surface area (Å²) in [5, 5.41) is 0. The molecule has 0 aromatic heterocycles. The van der Waals surface area contributed by atoms with Gasteiger partial charge in [-0.2, -0.15) is 0 Å². The van der Waals surface area contributed by atoms with Crippen molar-refractivity contribution >= 4 is 0 Å². The lowest BCUT2D eigenvalue weighted by Crippen LogP contribution is -2.49. The van der Waals surface area contributed by atoms with Crippen molar-refractivity contribution in [2.24, 2.45) is 17.6 Å². The van der Waals surface area contributed by atoms with Crippen LogP contribution in [0.25, 0.3) is 0 Å². The van der Waals surface area contributed by atoms with Gasteiger partial charge in [-0.05, 0) is 38.5 Å². The highest BCUT2D eigenvalue weighted by molar-refractivity contribution is 4.89. The quantitative estimate of drug-likeness (QED) is 0.755. The maximum Gasteiger partial charge on any atom is 0.0646 e. The highest BCUT2D eigenvalue weighted by atomic mass is 16.5. The molecule has 0 spiro atoms. The first kappa shape index (κ1) is 12.0. The second-order valence-electron chi connectivity index (χ2n) is 5.10. The molecule has 84 valence electrons. The Morgan fingerprint density at radius 1 is 1.29 bits per heavy atom. The fourth-order valence-electron chi connectivity index (χ4n) is 2.36. The van der Waals surface area contributed by atoms with E-state index in [0.29, 0.717) is 12.5 Å². The summed E-state index contributed by atoms with van der Waals surface area (Å²) < 4.78 is 5.45. The monoisotopic (exact) mass is 199 g/mol. The van der Waals surface area contributed by atoms with Crippen molar-refractivity contribution in [3.05, 3.63) is 0 Å². The van der Waals surface area contributed by atoms with Crippen LogP contribution in [0.3, 0.4) is 0 Å². The average Bonchev–Trinajstić information content (AvgIpc) is 2.16. The summed E-state index contributed by atoms with van der Waals surface area (Å²) >= 11 is 0. The molecule has 0 aromatic carbocycles. The molecule has 0 bridgehead atoms. The molecule has 0 saturated heterocycles. The summed E-state index contributed by atoms with van der Waals surface area (Å²) in [7, 11) is 0. The zero-order chi connectivity index (χ0) is 10.6. The standard InChI is InChI=1S/C12H25NO/c1-4-14-9-12(3,13)11-7-5-10(2)6-8-11/h10-11H,4-9,13H2,1-3H3. The molecule has 2 nitrogen and oxygen atoms in total. The van der Waals surface area contributed by atoms with Crippen LogP contribution in [0.2, 0.25) is 0 Å². The van der Waals surface area contributed by atoms with E-state index in [1.54, 1.807) is 0 Å². The number of hydrogen-bond donors (Lipinski definition) is 1. The van der Waals surface area contributed by atoms with Crippen molar-refractivity contribution in [2.75, 3.05) is 13.2 Å². The van der Waals surface area contributed by atoms with Crippen LogP contribution < -0.4 is 5.73 Å². The van der Waals surface area contributed by atoms with Crippen LogP contribution in [0.1, 0.15) is 46.5 Å². The fraction of sp³-hybridized carbons (Fsp3) is 1.00. The van der Waals surface area contributed by atoms with Crippen LogP contribution in [-0.2, 0) is 4.74 Å². The summed E-state index contributed by atoms with van der Waals surface area (Å²) in [5.74, 6) is 1.55. The highest BCUT2D eigenvalue weighted by Crippen LogP contribution is 2.34. The molecule has 14 heavy (non-hydrogen) atoms. The lowest BCUT2D eigenvalue weighted by molar-refractivity contribution is 0.0583. The number of ether oxygens (including phenoxy) is 1. The third-order valence-corrected chi connectivity index (χ3v) is 3.57. The van der Waals surface area contributed by atoms with Gasteiger partial charge in [-0.3, -0.25) is 0 Å². The topological polar surface area (TPSA) is 35.2 Å². The lowest BCUT2D eigenvalue weighted by Gasteiger charge is -2.38. The van der Waals surface area contributed by atoms with Crippen molar-refractivity contribution in [3.8, 4) is 0 Å². The highest BCUT2D eigenvalue weighted by Gasteiger charge is 2.32. The summed E-state index contributed by atoms with van der Waals surface area (Å²) in [4.78, 5) is 0. The summed E-state index contributed by atoms with van der Waals surface area (Å²) in [6.45, 7) is 7.99. The smallest absolute Gasteiger partial charge is 0.0646 e. The van der Waals surface area contributed by atoms with Crippen LogP contribution >= 0.6 is 0 Å². The molecule has 1 atom stereocenters. The minimum absolute atomic E-state index is 0.115. The maximum absolute atomic E-state index is 6.30. The van der Waals surface area contributed by atoms with Gasteiger partial charge in [0, 0.05) is 12.1 Å². The van der Waals surface area contributed by atoms with E-state index in [2.05, 4.69) is 13.8 Å². The van der Waals surface area contributed by atoms with Crippen LogP contribution in [0.15, 0.2) is 0 Å². The molecule has 1 unspecified atom stereocenters. The predicted octanol–water partition coefficient (Wildman–Crippen LogP) is 2.57. The summed E-state index contributed by atoms with van der Waals surface area (Å²) in [5.41, 5.74) is 6.18. The van der Waals surface area contributed by atoms with E-state index in [-0.39, 0.29) is 5.54 Å². The van der Waals surface area contributed by atoms with Gasteiger partial charge in [-0.15, -0.1) is 0 Å². The van der Waals surface area contributed by atoms with E-state index in [9.17, 15) is 0 Å². The predicted molar refractivity (Wildman–Crippen MR) is 60.2 cm³/mol. The molecule has 2 heteroatoms. The molecule has 1 fully saturated rings. The first-order valence-electron chi connectivity index (χ1n) is 5.93. The van der Waals surface area contributed by atoms with Crippen molar-refractivity contribution in [3.63, 3.8) is 0 Å². The van der Waals surface area contributed by atoms with Crippen molar-refractivity contribution < 1.29 is 4.74 Å². The van der Waals surface area contributed by atoms with E-state index in [0.717, 1.165) is 12.5 Å². The minimum Gasteiger partial charge on any atom is -0.380 e. The Morgan fingerprint density at radius 2 is 1.86 bits per heavy atom. The van der Waals surface area contributed by atoms with Crippen molar-refractivity contribution in [1.29, 1.82) is 0 Å². The molecular formula is C12H25NO. The van der Waals surface area contributed by atoms with E-state index in [4.69, 9.17) is 10.5 Å². The van der Waals surface area contributed by atoms with E-state index < -0.39 is 0 Å². The van der Waals surface area contributed by atoms with E-state index in [1.165, 1.54) is 25.7 Å². The first-order valence-corrected chi connectivity index (χ1v) is 5.93. The molecular weight excluding hydrogens is 174 g/mol. The Morgan fingerprint density at radius 3 is 2.36 bits per heavy atom. The van der Waals surface area contributed by atoms with Gasteiger partial charge < -0.3 is 10.5 Å². The average molecular weight is 199 g/mol. The van der Waals surface area contributed by atoms with Gasteiger partial charge in [-0.25, -0.2) is 0 Å². The largest absolute Gasteiger partial charge is 0.380 e. The van der Waals surface area contributed by atoms with E-state index >= 15 is 0 Å². The maximum atomic E-state index is 6.30. The van der Waals surface area contributed by atoms with Crippen LogP contribution in [0.4, 0.5) is 0 Å². The molecule has 0 radical (unpaired) electrons. The van der Waals surface area contributed by atoms with Gasteiger partial charge in [0.05, 0.1) is 6.61 Å². The normalized spacial score (nSPS) is 32.6. The first-order chi connectivity index (χ1) is 6.56. The third kappa shape index (κ3) is 3.25. The van der Waals surface area contributed by atoms with Gasteiger partial charge in [0.15, 0.2) is 0 Å². The zero-order valence-electron chi connectivity index (χ0n) is 9.88. The van der Waals surface area contributed by atoms with Gasteiger partial charge in [0.1, 0.15) is 0 Å². The van der Waals surface area contributed by atoms with Crippen molar-refractivity contribution in [1.82, 2.24) is 0 Å². The summed E-state index contributed by atoms with van der Waals surface area (Å²) in [6, 6.07) is 0. The lowest BCUT2D eigenvalue weighted by atomic mass is 9.73. The Hall–Kier alpha value is -0.0800. The number of rotatable bonds is 4. The molecule has 1 aliphatic carbocycles. The second kappa shape index (κ2) is 5.13. The Bertz CT molecular complexity index is 160.